The van der Waals surface area contributed by atoms with Crippen LogP contribution in [0.1, 0.15) is 109 Å². The zero-order chi connectivity index (χ0) is 32.4. The number of unbranched alkanes of at least 4 members (excludes halogenated alkanes) is 9. The summed E-state index contributed by atoms with van der Waals surface area (Å²) in [5.41, 5.74) is 29.5. The summed E-state index contributed by atoms with van der Waals surface area (Å²) in [5, 5.41) is 0. The Balaban J connectivity index is -0.000000286. The Bertz CT molecular complexity index is 2030. The third-order valence-corrected chi connectivity index (χ3v) is 12.2. The van der Waals surface area contributed by atoms with Crippen LogP contribution in [0.3, 0.4) is 0 Å². The maximum atomic E-state index is 3.40. The second kappa shape index (κ2) is 19.8. The molecule has 0 fully saturated rings. The molecule has 0 bridgehead atoms. The van der Waals surface area contributed by atoms with E-state index in [2.05, 4.69) is 121 Å². The zero-order valence-electron chi connectivity index (χ0n) is 27.2. The van der Waals surface area contributed by atoms with E-state index in [9.17, 15) is 0 Å². The quantitative estimate of drug-likeness (QED) is 0.0857. The number of thiophene rings is 4. The van der Waals surface area contributed by atoms with Gasteiger partial charge in [-0.05, 0) is 127 Å². The second-order valence-corrected chi connectivity index (χ2v) is 15.8. The molecule has 0 aliphatic heterocycles. The summed E-state index contributed by atoms with van der Waals surface area (Å²) in [5.74, 6) is 0. The van der Waals surface area contributed by atoms with Gasteiger partial charge in [0.15, 0.2) is 0 Å². The molecule has 4 aromatic heterocycles. The van der Waals surface area contributed by atoms with Crippen LogP contribution in [-0.2, 0) is 6.42 Å². The van der Waals surface area contributed by atoms with Crippen LogP contribution in [0.15, 0.2) is 100 Å². The molecule has 0 saturated heterocycles. The highest BCUT2D eigenvalue weighted by atomic mass is 32.1. The highest BCUT2D eigenvalue weighted by molar-refractivity contribution is 7.28. The normalized spacial score (nSPS) is 9.80. The van der Waals surface area contributed by atoms with Gasteiger partial charge in [0.1, 0.15) is 0 Å². The van der Waals surface area contributed by atoms with E-state index in [1.54, 1.807) is 0 Å². The van der Waals surface area contributed by atoms with Crippen LogP contribution in [0.25, 0.3) is 35.3 Å². The van der Waals surface area contributed by atoms with Gasteiger partial charge in [-0.1, -0.05) is 76.2 Å². The van der Waals surface area contributed by atoms with Crippen LogP contribution in [0.5, 0.6) is 0 Å². The molecule has 0 aromatic carbocycles. The van der Waals surface area contributed by atoms with E-state index in [0.717, 1.165) is 5.56 Å². The van der Waals surface area contributed by atoms with Gasteiger partial charge in [0.05, 0.1) is 4.88 Å². The Morgan fingerprint density at radius 1 is 0.587 bits per heavy atom. The zero-order valence-corrected chi connectivity index (χ0v) is 30.4. The molecule has 0 amide bonds. The lowest BCUT2D eigenvalue weighted by atomic mass is 10.0. The molecule has 4 heterocycles. The van der Waals surface area contributed by atoms with E-state index in [4.69, 9.17) is 0 Å². The van der Waals surface area contributed by atoms with Crippen molar-refractivity contribution in [3.63, 3.8) is 0 Å². The monoisotopic (exact) mass is 696 g/mol. The van der Waals surface area contributed by atoms with Crippen molar-refractivity contribution in [2.75, 3.05) is 0 Å². The summed E-state index contributed by atoms with van der Waals surface area (Å²) < 4.78 is 0. The van der Waals surface area contributed by atoms with Crippen molar-refractivity contribution < 1.29 is 17.1 Å². The van der Waals surface area contributed by atoms with Crippen LogP contribution >= 0.6 is 45.3 Å². The minimum Gasteiger partial charge on any atom is -0.139 e. The van der Waals surface area contributed by atoms with E-state index in [-0.39, 0.29) is 17.1 Å². The Morgan fingerprint density at radius 3 is 1.72 bits per heavy atom. The van der Waals surface area contributed by atoms with Crippen molar-refractivity contribution in [3.8, 4) is 29.3 Å². The van der Waals surface area contributed by atoms with Gasteiger partial charge in [0, 0.05) is 56.8 Å². The Kier molecular flexibility index (Phi) is 15.1. The average molecular weight is 697 g/mol. The van der Waals surface area contributed by atoms with Crippen molar-refractivity contribution in [3.05, 3.63) is 121 Å². The molecule has 4 rings (SSSR count). The van der Waals surface area contributed by atoms with E-state index in [0.29, 0.717) is 0 Å². The van der Waals surface area contributed by atoms with Gasteiger partial charge in [0.2, 0.25) is 0 Å². The summed E-state index contributed by atoms with van der Waals surface area (Å²) in [6.45, 7) is 10.1. The molecule has 256 valence electrons. The molecule has 0 nitrogen and oxygen atoms in total. The topological polar surface area (TPSA) is 0 Å². The molecular formula is C42H64S4. The van der Waals surface area contributed by atoms with Crippen LogP contribution < -0.4 is 0 Å². The lowest BCUT2D eigenvalue weighted by Crippen LogP contribution is -1.86. The van der Waals surface area contributed by atoms with Crippen molar-refractivity contribution in [1.82, 2.24) is 0 Å². The standard InChI is InChI=1S/C42H40S4.12H2/c1-5-7-9-11-13-15-17-19-21-23-25-35-31-33(3)43-41(35)39-29-27-37(45-39)38-28-30-40(46-38)42-36(32-34(4)44-42)26-24-22-20-18-16-14-12-10-8-6-2;;;;;;;;;;;;/h25,27-32H,1,6,8,10,12,14,16,18,20,22,24,26H2,2-4H3;12*1H. The largest absolute Gasteiger partial charge is 0.139 e. The first-order chi connectivity index (χ1) is 22.6. The van der Waals surface area contributed by atoms with Crippen LogP contribution in [0.2, 0.25) is 0 Å². The molecule has 0 aliphatic rings. The van der Waals surface area contributed by atoms with Crippen molar-refractivity contribution in [1.29, 1.82) is 0 Å². The van der Waals surface area contributed by atoms with Gasteiger partial charge >= 0.3 is 0 Å². The third kappa shape index (κ3) is 11.3. The summed E-state index contributed by atoms with van der Waals surface area (Å²) >= 11 is 7.54. The number of hydrogen-bond donors (Lipinski definition) is 0. The maximum absolute atomic E-state index is 3.40. The fourth-order valence-electron chi connectivity index (χ4n) is 5.16. The highest BCUT2D eigenvalue weighted by Crippen LogP contribution is 2.45. The first-order valence-corrected chi connectivity index (χ1v) is 19.4. The van der Waals surface area contributed by atoms with Crippen LogP contribution in [-0.4, -0.2) is 0 Å². The van der Waals surface area contributed by atoms with Crippen molar-refractivity contribution in [2.24, 2.45) is 0 Å². The first-order valence-electron chi connectivity index (χ1n) is 16.1. The van der Waals surface area contributed by atoms with Gasteiger partial charge < -0.3 is 0 Å². The predicted octanol–water partition coefficient (Wildman–Crippen LogP) is 17.2. The first kappa shape index (κ1) is 35.2. The van der Waals surface area contributed by atoms with E-state index in [1.165, 1.54) is 115 Å². The third-order valence-electron chi connectivity index (χ3n) is 7.34. The smallest absolute Gasteiger partial charge is 0.0524 e. The van der Waals surface area contributed by atoms with Crippen LogP contribution in [0.4, 0.5) is 0 Å². The summed E-state index contributed by atoms with van der Waals surface area (Å²) in [6.07, 6.45) is 16.9. The maximum Gasteiger partial charge on any atom is 0.0524 e. The Labute approximate surface area is 309 Å². The van der Waals surface area contributed by atoms with Gasteiger partial charge in [-0.15, -0.1) is 45.3 Å². The molecule has 46 heavy (non-hydrogen) atoms. The SMILES string of the molecule is C=C=C=C=C=C=C=C=C=C=C=Cc1cc(C)sc1-c1ccc(-c2ccc(-c3sc(C)cc3CCCCCCCCCCCC)s2)s1.[HH].[HH].[HH].[HH].[HH].[HH].[HH].[HH].[HH].[HH].[HH].[HH]. The molecule has 4 heteroatoms. The summed E-state index contributed by atoms with van der Waals surface area (Å²) in [4.78, 5) is 10.7. The minimum absolute atomic E-state index is 0. The van der Waals surface area contributed by atoms with Crippen molar-refractivity contribution >= 4 is 51.4 Å². The van der Waals surface area contributed by atoms with Gasteiger partial charge in [0.25, 0.3) is 0 Å². The molecule has 4 aromatic rings. The number of aryl methyl sites for hydroxylation is 3. The molecule has 0 N–H and O–H groups in total. The Morgan fingerprint density at radius 2 is 1.09 bits per heavy atom. The molecule has 0 unspecified atom stereocenters. The number of rotatable bonds is 15. The van der Waals surface area contributed by atoms with Gasteiger partial charge in [-0.3, -0.25) is 0 Å². The van der Waals surface area contributed by atoms with E-state index >= 15 is 0 Å². The minimum atomic E-state index is 0. The lowest BCUT2D eigenvalue weighted by molar-refractivity contribution is 0.556. The Hall–Kier alpha value is -3.66. The fraction of sp³-hybridized carbons (Fsp3) is 0.333. The lowest BCUT2D eigenvalue weighted by Gasteiger charge is -2.04. The van der Waals surface area contributed by atoms with Gasteiger partial charge in [-0.25, -0.2) is 0 Å². The molecule has 0 saturated carbocycles. The number of hydrogen-bond acceptors (Lipinski definition) is 4. The molecule has 0 radical (unpaired) electrons. The molecule has 0 aliphatic carbocycles. The van der Waals surface area contributed by atoms with E-state index < -0.39 is 0 Å². The average Bonchev–Trinajstić information content (AvgIpc) is 3.85. The summed E-state index contributed by atoms with van der Waals surface area (Å²) in [6, 6.07) is 13.8. The van der Waals surface area contributed by atoms with Crippen LogP contribution in [0, 0.1) is 13.8 Å². The second-order valence-electron chi connectivity index (χ2n) is 11.1. The molecule has 0 spiro atoms. The van der Waals surface area contributed by atoms with E-state index in [1.807, 2.05) is 51.4 Å². The fourth-order valence-corrected chi connectivity index (χ4v) is 9.60. The van der Waals surface area contributed by atoms with Crippen molar-refractivity contribution in [2.45, 2.75) is 91.4 Å². The van der Waals surface area contributed by atoms with Gasteiger partial charge in [-0.2, -0.15) is 0 Å². The predicted molar refractivity (Wildman–Crippen MR) is 230 cm³/mol. The molecule has 0 atom stereocenters. The highest BCUT2D eigenvalue weighted by Gasteiger charge is 2.15. The summed E-state index contributed by atoms with van der Waals surface area (Å²) in [7, 11) is 0. The molecular weight excluding hydrogens is 633 g/mol.